The second kappa shape index (κ2) is 8.09. The van der Waals surface area contributed by atoms with Crippen LogP contribution in [-0.2, 0) is 14.8 Å². The van der Waals surface area contributed by atoms with Crippen molar-refractivity contribution in [3.05, 3.63) is 29.3 Å². The molecule has 0 radical (unpaired) electrons. The minimum atomic E-state index is -3.59. The van der Waals surface area contributed by atoms with Crippen LogP contribution < -0.4 is 10.0 Å². The molecule has 0 spiro atoms. The van der Waals surface area contributed by atoms with E-state index in [9.17, 15) is 13.2 Å². The molecule has 2 rings (SSSR count). The van der Waals surface area contributed by atoms with E-state index in [0.717, 1.165) is 24.9 Å². The highest BCUT2D eigenvalue weighted by Crippen LogP contribution is 2.16. The monoisotopic (exact) mass is 353 g/mol. The summed E-state index contributed by atoms with van der Waals surface area (Å²) in [6.45, 7) is 5.19. The van der Waals surface area contributed by atoms with Crippen LogP contribution >= 0.6 is 0 Å². The Kier molecular flexibility index (Phi) is 6.37. The van der Waals surface area contributed by atoms with Crippen LogP contribution in [0.5, 0.6) is 0 Å². The number of piperidine rings is 1. The first-order valence-electron chi connectivity index (χ1n) is 8.35. The van der Waals surface area contributed by atoms with Crippen molar-refractivity contribution < 1.29 is 13.2 Å². The van der Waals surface area contributed by atoms with E-state index in [-0.39, 0.29) is 23.8 Å². The van der Waals surface area contributed by atoms with Crippen LogP contribution in [0.4, 0.5) is 0 Å². The number of carbonyl (C=O) groups excluding carboxylic acids is 1. The standard InChI is InChI=1S/C17H27N3O3S/c1-13-6-7-14(2)16(11-13)24(22,23)19-9-8-17(21)20-10-4-5-15(12-20)18-3/h6-7,11,15,18-19H,4-5,8-10,12H2,1-3H3. The van der Waals surface area contributed by atoms with Crippen LogP contribution in [0.2, 0.25) is 0 Å². The molecule has 2 N–H and O–H groups in total. The molecule has 7 heteroatoms. The Morgan fingerprint density at radius 1 is 1.33 bits per heavy atom. The van der Waals surface area contributed by atoms with Gasteiger partial charge in [0.1, 0.15) is 0 Å². The van der Waals surface area contributed by atoms with Gasteiger partial charge in [-0.3, -0.25) is 4.79 Å². The quantitative estimate of drug-likeness (QED) is 0.805. The predicted molar refractivity (Wildman–Crippen MR) is 94.4 cm³/mol. The molecule has 1 aliphatic rings. The Bertz CT molecular complexity index is 688. The SMILES string of the molecule is CNC1CCCN(C(=O)CCNS(=O)(=O)c2cc(C)ccc2C)C1. The van der Waals surface area contributed by atoms with Gasteiger partial charge in [-0.15, -0.1) is 0 Å². The van der Waals surface area contributed by atoms with Crippen molar-refractivity contribution in [1.82, 2.24) is 14.9 Å². The molecule has 1 atom stereocenters. The van der Waals surface area contributed by atoms with Gasteiger partial charge in [-0.2, -0.15) is 0 Å². The lowest BCUT2D eigenvalue weighted by Gasteiger charge is -2.32. The summed E-state index contributed by atoms with van der Waals surface area (Å²) < 4.78 is 27.4. The first kappa shape index (κ1) is 18.9. The van der Waals surface area contributed by atoms with Gasteiger partial charge in [-0.05, 0) is 50.9 Å². The highest BCUT2D eigenvalue weighted by atomic mass is 32.2. The van der Waals surface area contributed by atoms with Crippen LogP contribution in [0.15, 0.2) is 23.1 Å². The zero-order valence-corrected chi connectivity index (χ0v) is 15.4. The summed E-state index contributed by atoms with van der Waals surface area (Å²) in [5, 5.41) is 3.20. The smallest absolute Gasteiger partial charge is 0.240 e. The maximum Gasteiger partial charge on any atom is 0.240 e. The molecule has 1 heterocycles. The molecular weight excluding hydrogens is 326 g/mol. The molecule has 134 valence electrons. The van der Waals surface area contributed by atoms with Gasteiger partial charge in [0.25, 0.3) is 0 Å². The number of benzene rings is 1. The predicted octanol–water partition coefficient (Wildman–Crippen LogP) is 1.18. The molecule has 1 aromatic carbocycles. The average molecular weight is 353 g/mol. The first-order chi connectivity index (χ1) is 11.3. The van der Waals surface area contributed by atoms with Crippen LogP contribution in [0.1, 0.15) is 30.4 Å². The van der Waals surface area contributed by atoms with Crippen LogP contribution in [0.25, 0.3) is 0 Å². The Hall–Kier alpha value is -1.44. The normalized spacial score (nSPS) is 18.6. The Balaban J connectivity index is 1.91. The summed E-state index contributed by atoms with van der Waals surface area (Å²) in [5.74, 6) is -0.00128. The van der Waals surface area contributed by atoms with E-state index in [1.54, 1.807) is 19.1 Å². The molecule has 1 aromatic rings. The number of rotatable bonds is 6. The molecule has 1 aliphatic heterocycles. The third kappa shape index (κ3) is 4.78. The Labute approximate surface area is 144 Å². The lowest BCUT2D eigenvalue weighted by molar-refractivity contribution is -0.132. The van der Waals surface area contributed by atoms with Crippen molar-refractivity contribution in [2.75, 3.05) is 26.7 Å². The highest BCUT2D eigenvalue weighted by molar-refractivity contribution is 7.89. The maximum absolute atomic E-state index is 12.4. The molecule has 1 fully saturated rings. The van der Waals surface area contributed by atoms with Crippen molar-refractivity contribution >= 4 is 15.9 Å². The lowest BCUT2D eigenvalue weighted by atomic mass is 10.1. The fraction of sp³-hybridized carbons (Fsp3) is 0.588. The van der Waals surface area contributed by atoms with E-state index < -0.39 is 10.0 Å². The van der Waals surface area contributed by atoms with Gasteiger partial charge in [0, 0.05) is 32.1 Å². The molecule has 1 saturated heterocycles. The molecule has 0 aromatic heterocycles. The number of carbonyl (C=O) groups is 1. The molecule has 24 heavy (non-hydrogen) atoms. The van der Waals surface area contributed by atoms with Crippen molar-refractivity contribution in [3.8, 4) is 0 Å². The second-order valence-electron chi connectivity index (χ2n) is 6.38. The largest absolute Gasteiger partial charge is 0.341 e. The van der Waals surface area contributed by atoms with E-state index in [4.69, 9.17) is 0 Å². The van der Waals surface area contributed by atoms with Gasteiger partial charge >= 0.3 is 0 Å². The number of aryl methyl sites for hydroxylation is 2. The maximum atomic E-state index is 12.4. The second-order valence-corrected chi connectivity index (χ2v) is 8.12. The molecule has 6 nitrogen and oxygen atoms in total. The van der Waals surface area contributed by atoms with Gasteiger partial charge in [0.15, 0.2) is 0 Å². The summed E-state index contributed by atoms with van der Waals surface area (Å²) in [6.07, 6.45) is 2.23. The van der Waals surface area contributed by atoms with E-state index in [1.165, 1.54) is 0 Å². The molecular formula is C17H27N3O3S. The van der Waals surface area contributed by atoms with Gasteiger partial charge in [-0.25, -0.2) is 13.1 Å². The molecule has 0 aliphatic carbocycles. The summed E-state index contributed by atoms with van der Waals surface area (Å²) in [5.41, 5.74) is 1.59. The van der Waals surface area contributed by atoms with Gasteiger partial charge in [0.2, 0.25) is 15.9 Å². The van der Waals surface area contributed by atoms with Crippen molar-refractivity contribution in [2.24, 2.45) is 0 Å². The number of sulfonamides is 1. The zero-order valence-electron chi connectivity index (χ0n) is 14.6. The van der Waals surface area contributed by atoms with Gasteiger partial charge in [-0.1, -0.05) is 12.1 Å². The molecule has 0 saturated carbocycles. The minimum Gasteiger partial charge on any atom is -0.341 e. The number of amides is 1. The summed E-state index contributed by atoms with van der Waals surface area (Å²) in [7, 11) is -1.69. The van der Waals surface area contributed by atoms with E-state index in [0.29, 0.717) is 18.2 Å². The average Bonchev–Trinajstić information content (AvgIpc) is 2.56. The third-order valence-electron chi connectivity index (χ3n) is 4.45. The van der Waals surface area contributed by atoms with Crippen LogP contribution in [0, 0.1) is 13.8 Å². The van der Waals surface area contributed by atoms with E-state index >= 15 is 0 Å². The van der Waals surface area contributed by atoms with Crippen molar-refractivity contribution in [3.63, 3.8) is 0 Å². The number of nitrogens with zero attached hydrogens (tertiary/aromatic N) is 1. The number of hydrogen-bond donors (Lipinski definition) is 2. The minimum absolute atomic E-state index is 0.00128. The molecule has 1 amide bonds. The Morgan fingerprint density at radius 3 is 2.79 bits per heavy atom. The zero-order chi connectivity index (χ0) is 17.7. The van der Waals surface area contributed by atoms with Crippen molar-refractivity contribution in [2.45, 2.75) is 44.0 Å². The fourth-order valence-electron chi connectivity index (χ4n) is 2.96. The van der Waals surface area contributed by atoms with Crippen molar-refractivity contribution in [1.29, 1.82) is 0 Å². The lowest BCUT2D eigenvalue weighted by Crippen LogP contribution is -2.47. The summed E-state index contributed by atoms with van der Waals surface area (Å²) >= 11 is 0. The summed E-state index contributed by atoms with van der Waals surface area (Å²) in [6, 6.07) is 5.66. The highest BCUT2D eigenvalue weighted by Gasteiger charge is 2.23. The van der Waals surface area contributed by atoms with E-state index in [1.807, 2.05) is 24.9 Å². The summed E-state index contributed by atoms with van der Waals surface area (Å²) in [4.78, 5) is 14.4. The van der Waals surface area contributed by atoms with Gasteiger partial charge < -0.3 is 10.2 Å². The van der Waals surface area contributed by atoms with E-state index in [2.05, 4.69) is 10.0 Å². The van der Waals surface area contributed by atoms with Crippen LogP contribution in [0.3, 0.4) is 0 Å². The number of likely N-dealkylation sites (tertiary alicyclic amines) is 1. The molecule has 0 bridgehead atoms. The Morgan fingerprint density at radius 2 is 2.08 bits per heavy atom. The fourth-order valence-corrected chi connectivity index (χ4v) is 4.32. The number of likely N-dealkylation sites (N-methyl/N-ethyl adjacent to an activating group) is 1. The number of nitrogens with one attached hydrogen (secondary N) is 2. The van der Waals surface area contributed by atoms with Crippen LogP contribution in [-0.4, -0.2) is 51.9 Å². The topological polar surface area (TPSA) is 78.5 Å². The third-order valence-corrected chi connectivity index (χ3v) is 6.05. The number of hydrogen-bond acceptors (Lipinski definition) is 4. The molecule has 1 unspecified atom stereocenters. The van der Waals surface area contributed by atoms with Gasteiger partial charge in [0.05, 0.1) is 4.90 Å². The first-order valence-corrected chi connectivity index (χ1v) is 9.84.